The zero-order valence-electron chi connectivity index (χ0n) is 14.7. The summed E-state index contributed by atoms with van der Waals surface area (Å²) in [5.41, 5.74) is 10.8. The minimum atomic E-state index is -0.597. The molecule has 1 atom stereocenters. The fourth-order valence-electron chi connectivity index (χ4n) is 3.05. The third-order valence-corrected chi connectivity index (χ3v) is 4.55. The normalized spacial score (nSPS) is 21.2. The van der Waals surface area contributed by atoms with Crippen molar-refractivity contribution in [2.24, 2.45) is 11.1 Å². The maximum atomic E-state index is 12.3. The molecule has 1 saturated heterocycles. The molecule has 2 aliphatic rings. The molecular formula is C17H24N4O4. The molecule has 3 rings (SSSR count). The summed E-state index contributed by atoms with van der Waals surface area (Å²) in [5, 5.41) is 0. The molecule has 25 heavy (non-hydrogen) atoms. The highest BCUT2D eigenvalue weighted by Crippen LogP contribution is 2.54. The highest BCUT2D eigenvalue weighted by Gasteiger charge is 2.58. The van der Waals surface area contributed by atoms with Crippen molar-refractivity contribution in [3.63, 3.8) is 0 Å². The van der Waals surface area contributed by atoms with Crippen LogP contribution in [0.25, 0.3) is 0 Å². The Morgan fingerprint density at radius 1 is 1.36 bits per heavy atom. The van der Waals surface area contributed by atoms with Crippen LogP contribution >= 0.6 is 0 Å². The number of likely N-dealkylation sites (tertiary alicyclic amines) is 1. The summed E-state index contributed by atoms with van der Waals surface area (Å²) in [6.07, 6.45) is 2.70. The Morgan fingerprint density at radius 2 is 2.04 bits per heavy atom. The molecular weight excluding hydrogens is 324 g/mol. The Hall–Kier alpha value is -2.51. The van der Waals surface area contributed by atoms with Crippen LogP contribution in [-0.4, -0.2) is 46.7 Å². The lowest BCUT2D eigenvalue weighted by molar-refractivity contribution is 0.0274. The molecule has 1 aromatic heterocycles. The second-order valence-electron chi connectivity index (χ2n) is 7.80. The third-order valence-electron chi connectivity index (χ3n) is 4.55. The van der Waals surface area contributed by atoms with Crippen LogP contribution in [0.15, 0.2) is 12.3 Å². The Bertz CT molecular complexity index is 709. The molecule has 1 saturated carbocycles. The van der Waals surface area contributed by atoms with Crippen LogP contribution < -0.4 is 16.2 Å². The van der Waals surface area contributed by atoms with Gasteiger partial charge in [-0.15, -0.1) is 0 Å². The smallest absolute Gasteiger partial charge is 0.410 e. The number of nitrogen functional groups attached to an aromatic ring is 1. The van der Waals surface area contributed by atoms with Gasteiger partial charge in [0.25, 0.3) is 0 Å². The van der Waals surface area contributed by atoms with E-state index in [1.54, 1.807) is 4.90 Å². The van der Waals surface area contributed by atoms with Gasteiger partial charge in [0.15, 0.2) is 11.6 Å². The van der Waals surface area contributed by atoms with E-state index in [0.29, 0.717) is 18.8 Å². The van der Waals surface area contributed by atoms with E-state index in [1.807, 2.05) is 20.8 Å². The fourth-order valence-corrected chi connectivity index (χ4v) is 3.05. The van der Waals surface area contributed by atoms with Crippen molar-refractivity contribution in [1.82, 2.24) is 9.88 Å². The molecule has 4 N–H and O–H groups in total. The topological polar surface area (TPSA) is 121 Å². The van der Waals surface area contributed by atoms with Crippen LogP contribution in [-0.2, 0) is 4.74 Å². The van der Waals surface area contributed by atoms with Gasteiger partial charge in [-0.3, -0.25) is 4.79 Å². The van der Waals surface area contributed by atoms with Gasteiger partial charge in [-0.25, -0.2) is 9.78 Å². The van der Waals surface area contributed by atoms with E-state index in [-0.39, 0.29) is 29.0 Å². The van der Waals surface area contributed by atoms with Crippen molar-refractivity contribution in [2.75, 3.05) is 18.8 Å². The third kappa shape index (κ3) is 3.62. The van der Waals surface area contributed by atoms with E-state index in [2.05, 4.69) is 4.98 Å². The van der Waals surface area contributed by atoms with Gasteiger partial charge in [0, 0.05) is 18.2 Å². The molecule has 8 heteroatoms. The number of ether oxygens (including phenoxy) is 2. The summed E-state index contributed by atoms with van der Waals surface area (Å²) in [5.74, 6) is -0.0876. The number of pyridine rings is 1. The Labute approximate surface area is 146 Å². The van der Waals surface area contributed by atoms with Gasteiger partial charge in [0.2, 0.25) is 5.91 Å². The van der Waals surface area contributed by atoms with E-state index in [9.17, 15) is 9.59 Å². The first kappa shape index (κ1) is 17.3. The molecule has 1 aliphatic heterocycles. The highest BCUT2D eigenvalue weighted by atomic mass is 16.6. The monoisotopic (exact) mass is 348 g/mol. The maximum absolute atomic E-state index is 12.3. The number of nitrogens with two attached hydrogens (primary N) is 2. The number of aromatic nitrogens is 1. The Kier molecular flexibility index (Phi) is 4.01. The molecule has 1 aliphatic carbocycles. The molecule has 0 radical (unpaired) electrons. The first-order chi connectivity index (χ1) is 11.6. The number of carbonyl (C=O) groups is 2. The number of hydrogen-bond acceptors (Lipinski definition) is 6. The lowest BCUT2D eigenvalue weighted by atomic mass is 10.0. The van der Waals surface area contributed by atoms with Crippen molar-refractivity contribution >= 4 is 17.8 Å². The van der Waals surface area contributed by atoms with Gasteiger partial charge in [0.1, 0.15) is 11.7 Å². The molecule has 8 nitrogen and oxygen atoms in total. The summed E-state index contributed by atoms with van der Waals surface area (Å²) in [6.45, 7) is 6.52. The molecule has 1 aromatic rings. The predicted octanol–water partition coefficient (Wildman–Crippen LogP) is 1.54. The first-order valence-electron chi connectivity index (χ1n) is 8.30. The van der Waals surface area contributed by atoms with Crippen LogP contribution in [0.5, 0.6) is 5.75 Å². The molecule has 2 amide bonds. The van der Waals surface area contributed by atoms with E-state index >= 15 is 0 Å². The average molecular weight is 348 g/mol. The summed E-state index contributed by atoms with van der Waals surface area (Å²) in [4.78, 5) is 29.3. The number of hydrogen-bond donors (Lipinski definition) is 2. The summed E-state index contributed by atoms with van der Waals surface area (Å²) < 4.78 is 11.5. The number of anilines is 1. The molecule has 0 bridgehead atoms. The van der Waals surface area contributed by atoms with Crippen LogP contribution in [0.3, 0.4) is 0 Å². The van der Waals surface area contributed by atoms with Gasteiger partial charge in [-0.2, -0.15) is 0 Å². The predicted molar refractivity (Wildman–Crippen MR) is 91.1 cm³/mol. The molecule has 2 heterocycles. The Morgan fingerprint density at radius 3 is 2.60 bits per heavy atom. The van der Waals surface area contributed by atoms with Crippen molar-refractivity contribution in [2.45, 2.75) is 45.3 Å². The van der Waals surface area contributed by atoms with Crippen LogP contribution in [0, 0.1) is 5.41 Å². The molecule has 1 unspecified atom stereocenters. The summed E-state index contributed by atoms with van der Waals surface area (Å²) >= 11 is 0. The quantitative estimate of drug-likeness (QED) is 0.855. The number of carbonyl (C=O) groups excluding carboxylic acids is 2. The zero-order chi connectivity index (χ0) is 18.4. The number of primary amides is 1. The van der Waals surface area contributed by atoms with Crippen molar-refractivity contribution in [3.05, 3.63) is 17.8 Å². The second kappa shape index (κ2) is 5.79. The summed E-state index contributed by atoms with van der Waals surface area (Å²) in [6, 6.07) is 1.50. The lowest BCUT2D eigenvalue weighted by Gasteiger charge is -2.24. The fraction of sp³-hybridized carbons (Fsp3) is 0.588. The summed E-state index contributed by atoms with van der Waals surface area (Å²) in [7, 11) is 0. The molecule has 0 aromatic carbocycles. The first-order valence-corrected chi connectivity index (χ1v) is 8.30. The van der Waals surface area contributed by atoms with E-state index in [4.69, 9.17) is 20.9 Å². The van der Waals surface area contributed by atoms with Gasteiger partial charge in [0.05, 0.1) is 12.1 Å². The van der Waals surface area contributed by atoms with Crippen molar-refractivity contribution in [3.8, 4) is 5.75 Å². The van der Waals surface area contributed by atoms with Gasteiger partial charge in [-0.05, 0) is 39.7 Å². The number of rotatable bonds is 3. The number of amides is 2. The maximum Gasteiger partial charge on any atom is 0.410 e. The molecule has 2 fully saturated rings. The SMILES string of the molecule is CC(C)(C)OC(=O)N1CC(Oc2cc(C(N)=O)cnc2N)C2(CC2)C1. The molecule has 136 valence electrons. The number of nitrogens with zero attached hydrogens (tertiary/aromatic N) is 2. The van der Waals surface area contributed by atoms with E-state index in [0.717, 1.165) is 12.8 Å². The van der Waals surface area contributed by atoms with Gasteiger partial charge < -0.3 is 25.8 Å². The highest BCUT2D eigenvalue weighted by molar-refractivity contribution is 5.93. The van der Waals surface area contributed by atoms with Crippen LogP contribution in [0.4, 0.5) is 10.6 Å². The zero-order valence-corrected chi connectivity index (χ0v) is 14.7. The lowest BCUT2D eigenvalue weighted by Crippen LogP contribution is -2.36. The Balaban J connectivity index is 1.74. The van der Waals surface area contributed by atoms with Crippen molar-refractivity contribution in [1.29, 1.82) is 0 Å². The standard InChI is InChI=1S/C17H24N4O4/c1-16(2,3)25-15(23)21-8-12(17(9-21)4-5-17)24-11-6-10(14(19)22)7-20-13(11)18/h6-7,12H,4-5,8-9H2,1-3H3,(H2,18,20)(H2,19,22). The second-order valence-corrected chi connectivity index (χ2v) is 7.80. The van der Waals surface area contributed by atoms with E-state index in [1.165, 1.54) is 12.3 Å². The van der Waals surface area contributed by atoms with Crippen LogP contribution in [0.1, 0.15) is 44.0 Å². The van der Waals surface area contributed by atoms with E-state index < -0.39 is 11.5 Å². The van der Waals surface area contributed by atoms with Gasteiger partial charge in [-0.1, -0.05) is 0 Å². The minimum Gasteiger partial charge on any atom is -0.484 e. The molecule has 1 spiro atoms. The minimum absolute atomic E-state index is 0.0773. The van der Waals surface area contributed by atoms with Gasteiger partial charge >= 0.3 is 6.09 Å². The van der Waals surface area contributed by atoms with Crippen molar-refractivity contribution < 1.29 is 19.1 Å². The largest absolute Gasteiger partial charge is 0.484 e. The average Bonchev–Trinajstić information content (AvgIpc) is 3.16. The van der Waals surface area contributed by atoms with Crippen LogP contribution in [0.2, 0.25) is 0 Å².